The lowest BCUT2D eigenvalue weighted by Gasteiger charge is -2.37. The summed E-state index contributed by atoms with van der Waals surface area (Å²) in [4.78, 5) is 24.6. The van der Waals surface area contributed by atoms with Crippen molar-refractivity contribution >= 4 is 17.3 Å². The fourth-order valence-corrected chi connectivity index (χ4v) is 4.72. The molecule has 0 spiro atoms. The van der Waals surface area contributed by atoms with Gasteiger partial charge in [-0.25, -0.2) is 0 Å². The van der Waals surface area contributed by atoms with Crippen molar-refractivity contribution in [1.82, 2.24) is 4.90 Å². The van der Waals surface area contributed by atoms with Crippen LogP contribution in [0.5, 0.6) is 0 Å². The van der Waals surface area contributed by atoms with Crippen molar-refractivity contribution in [2.75, 3.05) is 18.4 Å². The standard InChI is InChI=1S/C22H33N3O5/c1-22(2,28)17-9-11-24(12-10-17)14-15-3-8-20(25(29)30)19(13-15)23-18-6-4-16(5-7-18)21(26)27/h3,8,13,16-18,23,28H,4-7,9-12,14H2,1-2H3,(H,26,27)/t16-,18+. The number of nitrogens with zero attached hydrogens (tertiary/aromatic N) is 2. The minimum absolute atomic E-state index is 0.0529. The zero-order valence-corrected chi connectivity index (χ0v) is 17.8. The summed E-state index contributed by atoms with van der Waals surface area (Å²) in [6.07, 6.45) is 4.46. The predicted octanol–water partition coefficient (Wildman–Crippen LogP) is 3.63. The highest BCUT2D eigenvalue weighted by atomic mass is 16.6. The van der Waals surface area contributed by atoms with Crippen molar-refractivity contribution in [2.45, 2.75) is 70.6 Å². The number of hydrogen-bond acceptors (Lipinski definition) is 6. The molecule has 2 aliphatic rings. The van der Waals surface area contributed by atoms with Gasteiger partial charge in [0.1, 0.15) is 5.69 Å². The molecule has 3 rings (SSSR count). The van der Waals surface area contributed by atoms with Gasteiger partial charge in [0.2, 0.25) is 0 Å². The first-order valence-electron chi connectivity index (χ1n) is 10.8. The molecule has 0 atom stereocenters. The molecule has 1 aliphatic carbocycles. The van der Waals surface area contributed by atoms with Gasteiger partial charge in [-0.3, -0.25) is 19.8 Å². The van der Waals surface area contributed by atoms with Gasteiger partial charge in [0, 0.05) is 18.7 Å². The zero-order valence-electron chi connectivity index (χ0n) is 17.8. The van der Waals surface area contributed by atoms with E-state index in [9.17, 15) is 20.0 Å². The molecule has 8 heteroatoms. The van der Waals surface area contributed by atoms with Crippen LogP contribution in [0.25, 0.3) is 0 Å². The third kappa shape index (κ3) is 5.70. The van der Waals surface area contributed by atoms with E-state index in [1.54, 1.807) is 6.07 Å². The fraction of sp³-hybridized carbons (Fsp3) is 0.682. The highest BCUT2D eigenvalue weighted by molar-refractivity contribution is 5.70. The molecule has 0 radical (unpaired) electrons. The van der Waals surface area contributed by atoms with Gasteiger partial charge < -0.3 is 15.5 Å². The van der Waals surface area contributed by atoms with Crippen molar-refractivity contribution in [3.05, 3.63) is 33.9 Å². The number of benzene rings is 1. The normalized spacial score (nSPS) is 23.8. The Bertz CT molecular complexity index is 761. The first-order valence-corrected chi connectivity index (χ1v) is 10.8. The average molecular weight is 420 g/mol. The molecule has 1 saturated heterocycles. The van der Waals surface area contributed by atoms with E-state index in [2.05, 4.69) is 10.2 Å². The lowest BCUT2D eigenvalue weighted by Crippen LogP contribution is -2.41. The van der Waals surface area contributed by atoms with Crippen LogP contribution in [0.15, 0.2) is 18.2 Å². The maximum Gasteiger partial charge on any atom is 0.306 e. The Kier molecular flexibility index (Phi) is 6.98. The number of aliphatic hydroxyl groups is 1. The number of nitro groups is 1. The minimum atomic E-state index is -0.755. The van der Waals surface area contributed by atoms with Crippen LogP contribution in [0, 0.1) is 22.0 Å². The number of nitro benzene ring substituents is 1. The van der Waals surface area contributed by atoms with Gasteiger partial charge in [0.25, 0.3) is 5.69 Å². The molecule has 1 aromatic rings. The van der Waals surface area contributed by atoms with Gasteiger partial charge in [-0.1, -0.05) is 6.07 Å². The summed E-state index contributed by atoms with van der Waals surface area (Å²) in [6, 6.07) is 5.29. The molecular formula is C22H33N3O5. The van der Waals surface area contributed by atoms with Crippen LogP contribution in [-0.4, -0.2) is 50.7 Å². The molecule has 0 amide bonds. The van der Waals surface area contributed by atoms with Gasteiger partial charge in [0.05, 0.1) is 16.4 Å². The Balaban J connectivity index is 1.64. The molecule has 0 unspecified atom stereocenters. The fourth-order valence-electron chi connectivity index (χ4n) is 4.72. The maximum absolute atomic E-state index is 11.5. The second-order valence-corrected chi connectivity index (χ2v) is 9.34. The quantitative estimate of drug-likeness (QED) is 0.456. The van der Waals surface area contributed by atoms with Gasteiger partial charge >= 0.3 is 5.97 Å². The van der Waals surface area contributed by atoms with Gasteiger partial charge in [-0.2, -0.15) is 0 Å². The number of carbonyl (C=O) groups is 1. The van der Waals surface area contributed by atoms with E-state index in [0.717, 1.165) is 38.0 Å². The molecule has 0 aromatic heterocycles. The summed E-state index contributed by atoms with van der Waals surface area (Å²) >= 11 is 0. The van der Waals surface area contributed by atoms with Crippen LogP contribution >= 0.6 is 0 Å². The topological polar surface area (TPSA) is 116 Å². The number of nitrogens with one attached hydrogen (secondary N) is 1. The molecule has 1 saturated carbocycles. The predicted molar refractivity (Wildman–Crippen MR) is 114 cm³/mol. The zero-order chi connectivity index (χ0) is 21.9. The summed E-state index contributed by atoms with van der Waals surface area (Å²) in [5, 5.41) is 34.2. The van der Waals surface area contributed by atoms with E-state index in [0.29, 0.717) is 37.3 Å². The number of hydrogen-bond donors (Lipinski definition) is 3. The van der Waals surface area contributed by atoms with E-state index in [1.165, 1.54) is 0 Å². The van der Waals surface area contributed by atoms with E-state index in [4.69, 9.17) is 5.11 Å². The maximum atomic E-state index is 11.5. The van der Waals surface area contributed by atoms with Crippen molar-refractivity contribution < 1.29 is 19.9 Å². The van der Waals surface area contributed by atoms with Crippen LogP contribution in [0.3, 0.4) is 0 Å². The number of carboxylic acids is 1. The van der Waals surface area contributed by atoms with E-state index in [-0.39, 0.29) is 22.6 Å². The molecule has 3 N–H and O–H groups in total. The molecule has 8 nitrogen and oxygen atoms in total. The number of aliphatic carboxylic acids is 1. The Morgan fingerprint density at radius 3 is 2.37 bits per heavy atom. The molecule has 166 valence electrons. The number of carboxylic acid groups (broad SMARTS) is 1. The number of piperidine rings is 1. The highest BCUT2D eigenvalue weighted by Gasteiger charge is 2.31. The van der Waals surface area contributed by atoms with E-state index in [1.807, 2.05) is 26.0 Å². The lowest BCUT2D eigenvalue weighted by atomic mass is 9.83. The molecule has 1 heterocycles. The molecular weight excluding hydrogens is 386 g/mol. The summed E-state index contributed by atoms with van der Waals surface area (Å²) in [6.45, 7) is 6.25. The van der Waals surface area contributed by atoms with Gasteiger partial charge in [-0.15, -0.1) is 0 Å². The second kappa shape index (κ2) is 9.31. The van der Waals surface area contributed by atoms with Gasteiger partial charge in [0.15, 0.2) is 0 Å². The Labute approximate surface area is 177 Å². The number of likely N-dealkylation sites (tertiary alicyclic amines) is 1. The first-order chi connectivity index (χ1) is 14.1. The molecule has 1 aromatic carbocycles. The Morgan fingerprint density at radius 2 is 1.83 bits per heavy atom. The summed E-state index contributed by atoms with van der Waals surface area (Å²) in [5.41, 5.74) is 0.933. The lowest BCUT2D eigenvalue weighted by molar-refractivity contribution is -0.384. The molecule has 2 fully saturated rings. The van der Waals surface area contributed by atoms with Crippen molar-refractivity contribution in [3.8, 4) is 0 Å². The van der Waals surface area contributed by atoms with Crippen molar-refractivity contribution in [1.29, 1.82) is 0 Å². The second-order valence-electron chi connectivity index (χ2n) is 9.34. The third-order valence-corrected chi connectivity index (χ3v) is 6.69. The van der Waals surface area contributed by atoms with Crippen molar-refractivity contribution in [3.63, 3.8) is 0 Å². The average Bonchev–Trinajstić information content (AvgIpc) is 2.68. The van der Waals surface area contributed by atoms with Gasteiger partial charge in [-0.05, 0) is 83.0 Å². The van der Waals surface area contributed by atoms with Crippen molar-refractivity contribution in [2.24, 2.45) is 11.8 Å². The molecule has 1 aliphatic heterocycles. The molecule has 30 heavy (non-hydrogen) atoms. The van der Waals surface area contributed by atoms with Crippen LogP contribution in [0.4, 0.5) is 11.4 Å². The first kappa shape index (κ1) is 22.5. The van der Waals surface area contributed by atoms with E-state index < -0.39 is 11.6 Å². The summed E-state index contributed by atoms with van der Waals surface area (Å²) in [5.74, 6) is -0.769. The number of rotatable bonds is 7. The smallest absolute Gasteiger partial charge is 0.306 e. The summed E-state index contributed by atoms with van der Waals surface area (Å²) < 4.78 is 0. The van der Waals surface area contributed by atoms with Crippen LogP contribution < -0.4 is 5.32 Å². The SMILES string of the molecule is CC(C)(O)C1CCN(Cc2ccc([N+](=O)[O-])c(N[C@H]3CC[C@@H](C(=O)O)CC3)c2)CC1. The minimum Gasteiger partial charge on any atom is -0.481 e. The Hall–Kier alpha value is -2.19. The third-order valence-electron chi connectivity index (χ3n) is 6.69. The monoisotopic (exact) mass is 419 g/mol. The van der Waals surface area contributed by atoms with Crippen LogP contribution in [-0.2, 0) is 11.3 Å². The Morgan fingerprint density at radius 1 is 1.20 bits per heavy atom. The van der Waals surface area contributed by atoms with Crippen LogP contribution in [0.1, 0.15) is 57.9 Å². The van der Waals surface area contributed by atoms with Crippen LogP contribution in [0.2, 0.25) is 0 Å². The molecule has 0 bridgehead atoms. The largest absolute Gasteiger partial charge is 0.481 e. The number of anilines is 1. The van der Waals surface area contributed by atoms with E-state index >= 15 is 0 Å². The summed E-state index contributed by atoms with van der Waals surface area (Å²) in [7, 11) is 0. The highest BCUT2D eigenvalue weighted by Crippen LogP contribution is 2.33.